The van der Waals surface area contributed by atoms with Crippen LogP contribution in [-0.4, -0.2) is 34.3 Å². The Morgan fingerprint density at radius 1 is 1.45 bits per heavy atom. The highest BCUT2D eigenvalue weighted by atomic mass is 35.5. The van der Waals surface area contributed by atoms with Crippen molar-refractivity contribution < 1.29 is 4.79 Å². The number of benzene rings is 1. The Labute approximate surface area is 122 Å². The predicted molar refractivity (Wildman–Crippen MR) is 78.2 cm³/mol. The molecule has 0 bridgehead atoms. The fourth-order valence-corrected chi connectivity index (χ4v) is 1.95. The number of nitrogens with zero attached hydrogens (tertiary/aromatic N) is 3. The Hall–Kier alpha value is -1.92. The maximum atomic E-state index is 11.9. The van der Waals surface area contributed by atoms with Crippen molar-refractivity contribution in [3.8, 4) is 5.69 Å². The maximum absolute atomic E-state index is 11.9. The third-order valence-electron chi connectivity index (χ3n) is 2.73. The summed E-state index contributed by atoms with van der Waals surface area (Å²) in [7, 11) is 1.86. The van der Waals surface area contributed by atoms with Gasteiger partial charge in [-0.3, -0.25) is 4.79 Å². The molecule has 2 N–H and O–H groups in total. The summed E-state index contributed by atoms with van der Waals surface area (Å²) in [5, 5.41) is 10.5. The summed E-state index contributed by atoms with van der Waals surface area (Å²) in [6.07, 6.45) is 4.23. The van der Waals surface area contributed by atoms with E-state index in [1.165, 1.54) is 6.33 Å². The van der Waals surface area contributed by atoms with E-state index in [1.807, 2.05) is 7.05 Å². The van der Waals surface area contributed by atoms with Gasteiger partial charge in [0.1, 0.15) is 12.7 Å². The molecule has 0 saturated carbocycles. The number of carbonyl (C=O) groups is 1. The Bertz CT molecular complexity index is 570. The lowest BCUT2D eigenvalue weighted by molar-refractivity contribution is -0.116. The van der Waals surface area contributed by atoms with Crippen LogP contribution in [0.25, 0.3) is 5.69 Å². The van der Waals surface area contributed by atoms with Gasteiger partial charge in [0.25, 0.3) is 0 Å². The van der Waals surface area contributed by atoms with Gasteiger partial charge in [-0.2, -0.15) is 5.10 Å². The number of halogens is 1. The van der Waals surface area contributed by atoms with Crippen LogP contribution in [0.4, 0.5) is 5.69 Å². The van der Waals surface area contributed by atoms with Gasteiger partial charge >= 0.3 is 0 Å². The number of nitrogens with one attached hydrogen (secondary N) is 2. The molecule has 0 aliphatic rings. The Balaban J connectivity index is 2.14. The third-order valence-corrected chi connectivity index (χ3v) is 2.96. The lowest BCUT2D eigenvalue weighted by Crippen LogP contribution is -2.16. The highest BCUT2D eigenvalue weighted by Gasteiger charge is 2.09. The second kappa shape index (κ2) is 7.02. The summed E-state index contributed by atoms with van der Waals surface area (Å²) in [5.41, 5.74) is 1.35. The SMILES string of the molecule is CNCCCC(=O)Nc1cc(Cl)ccc1-n1cncn1. The van der Waals surface area contributed by atoms with Gasteiger partial charge in [0.2, 0.25) is 5.91 Å². The summed E-state index contributed by atoms with van der Waals surface area (Å²) < 4.78 is 1.58. The fourth-order valence-electron chi connectivity index (χ4n) is 1.78. The monoisotopic (exact) mass is 293 g/mol. The molecule has 0 radical (unpaired) electrons. The molecule has 6 nitrogen and oxygen atoms in total. The normalized spacial score (nSPS) is 10.5. The van der Waals surface area contributed by atoms with Crippen molar-refractivity contribution in [2.75, 3.05) is 18.9 Å². The van der Waals surface area contributed by atoms with E-state index in [2.05, 4.69) is 20.7 Å². The standard InChI is InChI=1S/C13H16ClN5O/c1-15-6-2-3-13(20)18-11-7-10(14)4-5-12(11)19-9-16-8-17-19/h4-5,7-9,15H,2-3,6H2,1H3,(H,18,20). The molecule has 2 aromatic rings. The number of amides is 1. The van der Waals surface area contributed by atoms with Crippen LogP contribution in [-0.2, 0) is 4.79 Å². The number of anilines is 1. The van der Waals surface area contributed by atoms with Crippen molar-refractivity contribution >= 4 is 23.2 Å². The van der Waals surface area contributed by atoms with Crippen molar-refractivity contribution in [3.05, 3.63) is 35.9 Å². The van der Waals surface area contributed by atoms with Gasteiger partial charge in [-0.15, -0.1) is 0 Å². The number of hydrogen-bond acceptors (Lipinski definition) is 4. The summed E-state index contributed by atoms with van der Waals surface area (Å²) in [6.45, 7) is 0.804. The van der Waals surface area contributed by atoms with E-state index in [4.69, 9.17) is 11.6 Å². The van der Waals surface area contributed by atoms with Gasteiger partial charge in [-0.1, -0.05) is 11.6 Å². The van der Waals surface area contributed by atoms with Gasteiger partial charge in [0, 0.05) is 11.4 Å². The smallest absolute Gasteiger partial charge is 0.224 e. The van der Waals surface area contributed by atoms with Crippen molar-refractivity contribution in [2.45, 2.75) is 12.8 Å². The fraction of sp³-hybridized carbons (Fsp3) is 0.308. The zero-order valence-corrected chi connectivity index (χ0v) is 11.9. The van der Waals surface area contributed by atoms with Crippen LogP contribution >= 0.6 is 11.6 Å². The first-order valence-electron chi connectivity index (χ1n) is 6.29. The van der Waals surface area contributed by atoms with E-state index < -0.39 is 0 Å². The molecule has 0 fully saturated rings. The first kappa shape index (κ1) is 14.5. The van der Waals surface area contributed by atoms with E-state index in [0.717, 1.165) is 18.7 Å². The molecular weight excluding hydrogens is 278 g/mol. The zero-order chi connectivity index (χ0) is 14.4. The van der Waals surface area contributed by atoms with Gasteiger partial charge < -0.3 is 10.6 Å². The van der Waals surface area contributed by atoms with Crippen LogP contribution in [0.3, 0.4) is 0 Å². The number of aromatic nitrogens is 3. The predicted octanol–water partition coefficient (Wildman–Crippen LogP) is 1.86. The van der Waals surface area contributed by atoms with Crippen LogP contribution in [0.1, 0.15) is 12.8 Å². The molecule has 0 saturated heterocycles. The van der Waals surface area contributed by atoms with Crippen molar-refractivity contribution in [2.24, 2.45) is 0 Å². The summed E-state index contributed by atoms with van der Waals surface area (Å²) in [4.78, 5) is 15.8. The van der Waals surface area contributed by atoms with Crippen molar-refractivity contribution in [1.82, 2.24) is 20.1 Å². The molecule has 1 heterocycles. The Morgan fingerprint density at radius 2 is 2.30 bits per heavy atom. The van der Waals surface area contributed by atoms with Gasteiger partial charge in [0.05, 0.1) is 11.4 Å². The molecule has 0 unspecified atom stereocenters. The van der Waals surface area contributed by atoms with Gasteiger partial charge in [0.15, 0.2) is 0 Å². The molecule has 7 heteroatoms. The van der Waals surface area contributed by atoms with Crippen molar-refractivity contribution in [3.63, 3.8) is 0 Å². The van der Waals surface area contributed by atoms with Gasteiger partial charge in [-0.05, 0) is 38.2 Å². The molecule has 1 amide bonds. The van der Waals surface area contributed by atoms with E-state index in [1.54, 1.807) is 29.2 Å². The first-order valence-corrected chi connectivity index (χ1v) is 6.67. The zero-order valence-electron chi connectivity index (χ0n) is 11.1. The van der Waals surface area contributed by atoms with Crippen LogP contribution in [0.5, 0.6) is 0 Å². The van der Waals surface area contributed by atoms with Crippen LogP contribution in [0.2, 0.25) is 5.02 Å². The highest BCUT2D eigenvalue weighted by Crippen LogP contribution is 2.24. The lowest BCUT2D eigenvalue weighted by Gasteiger charge is -2.11. The third kappa shape index (κ3) is 3.79. The topological polar surface area (TPSA) is 71.8 Å². The lowest BCUT2D eigenvalue weighted by atomic mass is 10.2. The second-order valence-electron chi connectivity index (χ2n) is 4.26. The number of rotatable bonds is 6. The summed E-state index contributed by atoms with van der Waals surface area (Å²) >= 11 is 5.98. The minimum Gasteiger partial charge on any atom is -0.324 e. The molecular formula is C13H16ClN5O. The number of hydrogen-bond donors (Lipinski definition) is 2. The summed E-state index contributed by atoms with van der Waals surface area (Å²) in [5.74, 6) is -0.0520. The van der Waals surface area contributed by atoms with Crippen LogP contribution in [0.15, 0.2) is 30.9 Å². The molecule has 1 aromatic carbocycles. The van der Waals surface area contributed by atoms with Crippen LogP contribution in [0, 0.1) is 0 Å². The van der Waals surface area contributed by atoms with E-state index >= 15 is 0 Å². The average molecular weight is 294 g/mol. The molecule has 0 aliphatic carbocycles. The molecule has 0 spiro atoms. The quantitative estimate of drug-likeness (QED) is 0.798. The summed E-state index contributed by atoms with van der Waals surface area (Å²) in [6, 6.07) is 5.24. The van der Waals surface area contributed by atoms with E-state index in [0.29, 0.717) is 17.1 Å². The van der Waals surface area contributed by atoms with Crippen molar-refractivity contribution in [1.29, 1.82) is 0 Å². The first-order chi connectivity index (χ1) is 9.70. The van der Waals surface area contributed by atoms with Crippen LogP contribution < -0.4 is 10.6 Å². The highest BCUT2D eigenvalue weighted by molar-refractivity contribution is 6.31. The van der Waals surface area contributed by atoms with E-state index in [-0.39, 0.29) is 5.91 Å². The minimum atomic E-state index is -0.0520. The Kier molecular flexibility index (Phi) is 5.09. The average Bonchev–Trinajstić information content (AvgIpc) is 2.93. The molecule has 20 heavy (non-hydrogen) atoms. The van der Waals surface area contributed by atoms with E-state index in [9.17, 15) is 4.79 Å². The maximum Gasteiger partial charge on any atom is 0.224 e. The van der Waals surface area contributed by atoms with Gasteiger partial charge in [-0.25, -0.2) is 9.67 Å². The second-order valence-corrected chi connectivity index (χ2v) is 4.69. The number of carbonyl (C=O) groups excluding carboxylic acids is 1. The molecule has 106 valence electrons. The molecule has 1 aromatic heterocycles. The Morgan fingerprint density at radius 3 is 3.00 bits per heavy atom. The molecule has 0 aliphatic heterocycles. The molecule has 0 atom stereocenters. The largest absolute Gasteiger partial charge is 0.324 e. The molecule has 2 rings (SSSR count). The minimum absolute atomic E-state index is 0.0520.